The number of carboxylic acid groups (broad SMARTS) is 1. The summed E-state index contributed by atoms with van der Waals surface area (Å²) in [5.41, 5.74) is 1.18. The molecule has 2 aromatic heterocycles. The normalized spacial score (nSPS) is 10.4. The summed E-state index contributed by atoms with van der Waals surface area (Å²) in [5.74, 6) is -1.36. The van der Waals surface area contributed by atoms with E-state index in [0.29, 0.717) is 10.8 Å². The van der Waals surface area contributed by atoms with Crippen LogP contribution in [0.4, 0.5) is 5.13 Å². The Kier molecular flexibility index (Phi) is 3.66. The Morgan fingerprint density at radius 1 is 1.47 bits per heavy atom. The maximum atomic E-state index is 12.0. The zero-order valence-electron chi connectivity index (χ0n) is 10.5. The van der Waals surface area contributed by atoms with Crippen molar-refractivity contribution in [3.05, 3.63) is 34.6 Å². The number of carbonyl (C=O) groups is 2. The molecule has 0 fully saturated rings. The second-order valence-electron chi connectivity index (χ2n) is 4.03. The lowest BCUT2D eigenvalue weighted by molar-refractivity contribution is -0.137. The summed E-state index contributed by atoms with van der Waals surface area (Å²) in [4.78, 5) is 28.0. The molecule has 0 atom stereocenters. The van der Waals surface area contributed by atoms with Crippen molar-refractivity contribution in [2.24, 2.45) is 0 Å². The first-order valence-corrected chi connectivity index (χ1v) is 6.41. The third kappa shape index (κ3) is 3.00. The van der Waals surface area contributed by atoms with Gasteiger partial charge in [-0.1, -0.05) is 0 Å². The molecule has 0 aromatic carbocycles. The molecule has 100 valence electrons. The topological polar surface area (TPSA) is 84.2 Å². The maximum Gasteiger partial charge on any atom is 0.323 e. The van der Waals surface area contributed by atoms with Gasteiger partial charge in [0.1, 0.15) is 12.2 Å². The van der Waals surface area contributed by atoms with E-state index in [0.717, 1.165) is 10.6 Å². The van der Waals surface area contributed by atoms with Gasteiger partial charge >= 0.3 is 5.97 Å². The molecular weight excluding hydrogens is 266 g/mol. The van der Waals surface area contributed by atoms with Crippen LogP contribution in [0.5, 0.6) is 0 Å². The van der Waals surface area contributed by atoms with Crippen LogP contribution in [0.1, 0.15) is 21.1 Å². The molecule has 6 nitrogen and oxygen atoms in total. The first-order valence-electron chi connectivity index (χ1n) is 5.59. The van der Waals surface area contributed by atoms with Gasteiger partial charge in [-0.05, 0) is 26.0 Å². The molecule has 0 saturated carbocycles. The number of hydrogen-bond donors (Lipinski definition) is 2. The molecule has 2 aromatic rings. The minimum atomic E-state index is -0.994. The molecule has 19 heavy (non-hydrogen) atoms. The average molecular weight is 279 g/mol. The van der Waals surface area contributed by atoms with E-state index in [4.69, 9.17) is 5.11 Å². The summed E-state index contributed by atoms with van der Waals surface area (Å²) < 4.78 is 1.38. The van der Waals surface area contributed by atoms with Crippen LogP contribution in [0.15, 0.2) is 18.3 Å². The summed E-state index contributed by atoms with van der Waals surface area (Å²) in [6, 6.07) is 3.21. The van der Waals surface area contributed by atoms with Crippen molar-refractivity contribution in [3.63, 3.8) is 0 Å². The second kappa shape index (κ2) is 5.23. The Bertz CT molecular complexity index is 610. The molecule has 2 rings (SSSR count). The second-order valence-corrected chi connectivity index (χ2v) is 5.23. The van der Waals surface area contributed by atoms with E-state index in [1.54, 1.807) is 18.3 Å². The lowest BCUT2D eigenvalue weighted by Gasteiger charge is -2.05. The van der Waals surface area contributed by atoms with Crippen LogP contribution in [0.2, 0.25) is 0 Å². The highest BCUT2D eigenvalue weighted by atomic mass is 32.1. The fourth-order valence-electron chi connectivity index (χ4n) is 1.59. The summed E-state index contributed by atoms with van der Waals surface area (Å²) in [6.45, 7) is 3.55. The summed E-state index contributed by atoms with van der Waals surface area (Å²) in [5, 5.41) is 11.9. The largest absolute Gasteiger partial charge is 0.480 e. The van der Waals surface area contributed by atoms with Crippen LogP contribution in [-0.4, -0.2) is 26.5 Å². The van der Waals surface area contributed by atoms with Gasteiger partial charge in [-0.2, -0.15) is 0 Å². The summed E-state index contributed by atoms with van der Waals surface area (Å²) >= 11 is 1.39. The minimum Gasteiger partial charge on any atom is -0.480 e. The third-order valence-electron chi connectivity index (χ3n) is 2.62. The number of carbonyl (C=O) groups excluding carboxylic acids is 1. The molecule has 0 unspecified atom stereocenters. The van der Waals surface area contributed by atoms with Crippen molar-refractivity contribution in [2.45, 2.75) is 20.4 Å². The lowest BCUT2D eigenvalue weighted by Crippen LogP contribution is -2.19. The van der Waals surface area contributed by atoms with Crippen molar-refractivity contribution >= 4 is 28.3 Å². The Balaban J connectivity index is 2.16. The molecule has 7 heteroatoms. The molecule has 0 saturated heterocycles. The first kappa shape index (κ1) is 13.3. The van der Waals surface area contributed by atoms with Gasteiger partial charge in [-0.25, -0.2) is 4.98 Å². The van der Waals surface area contributed by atoms with Crippen molar-refractivity contribution < 1.29 is 14.7 Å². The van der Waals surface area contributed by atoms with Crippen molar-refractivity contribution in [1.29, 1.82) is 0 Å². The molecule has 0 aliphatic rings. The Labute approximate surface area is 113 Å². The van der Waals surface area contributed by atoms with Crippen molar-refractivity contribution in [2.75, 3.05) is 5.32 Å². The number of hydrogen-bond acceptors (Lipinski definition) is 4. The summed E-state index contributed by atoms with van der Waals surface area (Å²) in [7, 11) is 0. The number of rotatable bonds is 4. The monoisotopic (exact) mass is 279 g/mol. The zero-order valence-corrected chi connectivity index (χ0v) is 11.3. The highest BCUT2D eigenvalue weighted by Crippen LogP contribution is 2.21. The maximum absolute atomic E-state index is 12.0. The van der Waals surface area contributed by atoms with Gasteiger partial charge in [0.2, 0.25) is 0 Å². The van der Waals surface area contributed by atoms with Crippen LogP contribution in [-0.2, 0) is 11.3 Å². The number of carboxylic acids is 1. The number of nitrogens with zero attached hydrogens (tertiary/aromatic N) is 2. The third-order valence-corrected chi connectivity index (χ3v) is 3.61. The number of aryl methyl sites for hydroxylation is 2. The van der Waals surface area contributed by atoms with E-state index in [1.807, 2.05) is 13.8 Å². The minimum absolute atomic E-state index is 0.244. The van der Waals surface area contributed by atoms with Crippen molar-refractivity contribution in [1.82, 2.24) is 9.55 Å². The predicted octanol–water partition coefficient (Wildman–Crippen LogP) is 1.90. The highest BCUT2D eigenvalue weighted by molar-refractivity contribution is 7.15. The predicted molar refractivity (Wildman–Crippen MR) is 71.6 cm³/mol. The Morgan fingerprint density at radius 2 is 2.21 bits per heavy atom. The van der Waals surface area contributed by atoms with Crippen LogP contribution in [0, 0.1) is 13.8 Å². The van der Waals surface area contributed by atoms with Crippen LogP contribution < -0.4 is 5.32 Å². The first-order chi connectivity index (χ1) is 8.97. The van der Waals surface area contributed by atoms with Gasteiger partial charge in [-0.3, -0.25) is 14.9 Å². The quantitative estimate of drug-likeness (QED) is 0.895. The van der Waals surface area contributed by atoms with Gasteiger partial charge < -0.3 is 9.67 Å². The van der Waals surface area contributed by atoms with Crippen LogP contribution in [0.3, 0.4) is 0 Å². The van der Waals surface area contributed by atoms with Crippen molar-refractivity contribution in [3.8, 4) is 0 Å². The van der Waals surface area contributed by atoms with Crippen LogP contribution in [0.25, 0.3) is 0 Å². The number of thiazole rings is 1. The average Bonchev–Trinajstić information content (AvgIpc) is 2.86. The molecule has 2 N–H and O–H groups in total. The van der Waals surface area contributed by atoms with Gasteiger partial charge in [0.15, 0.2) is 5.13 Å². The smallest absolute Gasteiger partial charge is 0.323 e. The molecule has 0 spiro atoms. The standard InChI is InChI=1S/C12H13N3O3S/c1-7-8(2)19-12(13-7)14-11(18)9-4-3-5-15(9)6-10(16)17/h3-5H,6H2,1-2H3,(H,16,17)(H,13,14,18). The lowest BCUT2D eigenvalue weighted by atomic mass is 10.4. The van der Waals surface area contributed by atoms with E-state index in [9.17, 15) is 9.59 Å². The van der Waals surface area contributed by atoms with E-state index < -0.39 is 5.97 Å². The molecule has 0 aliphatic carbocycles. The number of amides is 1. The number of anilines is 1. The highest BCUT2D eigenvalue weighted by Gasteiger charge is 2.14. The van der Waals surface area contributed by atoms with E-state index in [2.05, 4.69) is 10.3 Å². The number of aliphatic carboxylic acids is 1. The van der Waals surface area contributed by atoms with E-state index in [1.165, 1.54) is 15.9 Å². The molecule has 2 heterocycles. The van der Waals surface area contributed by atoms with Gasteiger partial charge in [0.05, 0.1) is 5.69 Å². The molecule has 1 amide bonds. The van der Waals surface area contributed by atoms with Crippen LogP contribution >= 0.6 is 11.3 Å². The number of aromatic nitrogens is 2. The van der Waals surface area contributed by atoms with E-state index in [-0.39, 0.29) is 12.5 Å². The fraction of sp³-hybridized carbons (Fsp3) is 0.250. The molecular formula is C12H13N3O3S. The van der Waals surface area contributed by atoms with Gasteiger partial charge in [0.25, 0.3) is 5.91 Å². The van der Waals surface area contributed by atoms with Gasteiger partial charge in [-0.15, -0.1) is 11.3 Å². The summed E-state index contributed by atoms with van der Waals surface area (Å²) in [6.07, 6.45) is 1.56. The zero-order chi connectivity index (χ0) is 14.0. The number of nitrogens with one attached hydrogen (secondary N) is 1. The molecule has 0 bridgehead atoms. The Morgan fingerprint density at radius 3 is 2.79 bits per heavy atom. The fourth-order valence-corrected chi connectivity index (χ4v) is 2.40. The van der Waals surface area contributed by atoms with E-state index >= 15 is 0 Å². The van der Waals surface area contributed by atoms with Gasteiger partial charge in [0, 0.05) is 11.1 Å². The Hall–Kier alpha value is -2.15. The molecule has 0 aliphatic heterocycles. The SMILES string of the molecule is Cc1nc(NC(=O)c2cccn2CC(=O)O)sc1C. The molecule has 0 radical (unpaired) electrons.